The Morgan fingerprint density at radius 1 is 1.39 bits per heavy atom. The van der Waals surface area contributed by atoms with Crippen LogP contribution in [0.2, 0.25) is 0 Å². The van der Waals surface area contributed by atoms with Crippen LogP contribution >= 0.6 is 22.6 Å². The molecule has 0 spiro atoms. The van der Waals surface area contributed by atoms with E-state index in [1.54, 1.807) is 46.9 Å². The number of alkyl halides is 1. The minimum atomic E-state index is -3.30. The first-order valence-corrected chi connectivity index (χ1v) is 8.15. The van der Waals surface area contributed by atoms with E-state index >= 15 is 0 Å². The van der Waals surface area contributed by atoms with Crippen molar-refractivity contribution in [3.8, 4) is 0 Å². The summed E-state index contributed by atoms with van der Waals surface area (Å²) in [6.07, 6.45) is 0.203. The SMILES string of the molecule is NC(Cc1ccc(NS(=O)(=O)CI)cc1)C(=O)O. The fraction of sp³-hybridized carbons (Fsp3) is 0.300. The van der Waals surface area contributed by atoms with Crippen LogP contribution in [0.3, 0.4) is 0 Å². The zero-order valence-electron chi connectivity index (χ0n) is 9.34. The van der Waals surface area contributed by atoms with Gasteiger partial charge in [0.1, 0.15) is 9.80 Å². The third kappa shape index (κ3) is 4.78. The molecule has 0 bridgehead atoms. The lowest BCUT2D eigenvalue weighted by Crippen LogP contribution is -2.32. The standard InChI is InChI=1S/C10H13IN2O4S/c11-6-18(16,17)13-8-3-1-7(2-4-8)5-9(12)10(14)15/h1-4,9,13H,5-6,12H2,(H,14,15). The van der Waals surface area contributed by atoms with Gasteiger partial charge in [-0.3, -0.25) is 9.52 Å². The lowest BCUT2D eigenvalue weighted by Gasteiger charge is -2.08. The Balaban J connectivity index is 2.72. The molecule has 100 valence electrons. The van der Waals surface area contributed by atoms with Crippen molar-refractivity contribution < 1.29 is 18.3 Å². The van der Waals surface area contributed by atoms with Crippen LogP contribution in [0.4, 0.5) is 5.69 Å². The van der Waals surface area contributed by atoms with Gasteiger partial charge in [0.2, 0.25) is 10.0 Å². The maximum atomic E-state index is 11.3. The molecule has 0 saturated heterocycles. The van der Waals surface area contributed by atoms with E-state index in [4.69, 9.17) is 10.8 Å². The third-order valence-corrected chi connectivity index (χ3v) is 5.44. The highest BCUT2D eigenvalue weighted by Gasteiger charge is 2.12. The van der Waals surface area contributed by atoms with Crippen molar-refractivity contribution in [2.75, 3.05) is 8.48 Å². The molecule has 0 fully saturated rings. The van der Waals surface area contributed by atoms with Crippen LogP contribution in [0.15, 0.2) is 24.3 Å². The van der Waals surface area contributed by atoms with Crippen LogP contribution in [-0.2, 0) is 21.2 Å². The van der Waals surface area contributed by atoms with E-state index in [1.165, 1.54) is 0 Å². The molecule has 0 aliphatic heterocycles. The first-order valence-electron chi connectivity index (χ1n) is 4.98. The Morgan fingerprint density at radius 2 is 1.94 bits per heavy atom. The van der Waals surface area contributed by atoms with Crippen molar-refractivity contribution in [3.05, 3.63) is 29.8 Å². The summed E-state index contributed by atoms with van der Waals surface area (Å²) in [5.74, 6) is -1.07. The number of benzene rings is 1. The largest absolute Gasteiger partial charge is 0.480 e. The number of nitrogens with one attached hydrogen (secondary N) is 1. The fourth-order valence-corrected chi connectivity index (χ4v) is 2.27. The van der Waals surface area contributed by atoms with Crippen molar-refractivity contribution in [3.63, 3.8) is 0 Å². The molecule has 1 unspecified atom stereocenters. The van der Waals surface area contributed by atoms with Crippen molar-refractivity contribution >= 4 is 44.3 Å². The van der Waals surface area contributed by atoms with Gasteiger partial charge in [-0.25, -0.2) is 8.42 Å². The number of hydrogen-bond acceptors (Lipinski definition) is 4. The lowest BCUT2D eigenvalue weighted by atomic mass is 10.1. The number of nitrogens with two attached hydrogens (primary N) is 1. The molecule has 1 rings (SSSR count). The van der Waals surface area contributed by atoms with Gasteiger partial charge in [-0.15, -0.1) is 0 Å². The molecule has 4 N–H and O–H groups in total. The molecule has 0 aliphatic rings. The maximum absolute atomic E-state index is 11.3. The predicted octanol–water partition coefficient (Wildman–Crippen LogP) is 0.775. The maximum Gasteiger partial charge on any atom is 0.320 e. The molecule has 0 aromatic heterocycles. The Labute approximate surface area is 119 Å². The molecule has 8 heteroatoms. The zero-order valence-corrected chi connectivity index (χ0v) is 12.3. The average Bonchev–Trinajstić information content (AvgIpc) is 2.31. The molecule has 1 aromatic carbocycles. The summed E-state index contributed by atoms with van der Waals surface area (Å²) < 4.78 is 25.0. The summed E-state index contributed by atoms with van der Waals surface area (Å²) in [7, 11) is -3.30. The van der Waals surface area contributed by atoms with E-state index in [-0.39, 0.29) is 10.2 Å². The van der Waals surface area contributed by atoms with Gasteiger partial charge in [0.25, 0.3) is 0 Å². The van der Waals surface area contributed by atoms with E-state index in [0.29, 0.717) is 5.69 Å². The lowest BCUT2D eigenvalue weighted by molar-refractivity contribution is -0.138. The number of halogens is 1. The number of aliphatic carboxylic acids is 1. The van der Waals surface area contributed by atoms with Gasteiger partial charge in [0.15, 0.2) is 0 Å². The van der Waals surface area contributed by atoms with Crippen LogP contribution < -0.4 is 10.5 Å². The minimum Gasteiger partial charge on any atom is -0.480 e. The average molecular weight is 384 g/mol. The van der Waals surface area contributed by atoms with Crippen molar-refractivity contribution in [1.82, 2.24) is 0 Å². The second kappa shape index (κ2) is 6.34. The molecule has 0 heterocycles. The Morgan fingerprint density at radius 3 is 2.39 bits per heavy atom. The molecule has 0 radical (unpaired) electrons. The minimum absolute atomic E-state index is 0.0313. The molecule has 1 aromatic rings. The predicted molar refractivity (Wildman–Crippen MR) is 77.2 cm³/mol. The molecule has 6 nitrogen and oxygen atoms in total. The normalized spacial score (nSPS) is 13.0. The summed E-state index contributed by atoms with van der Waals surface area (Å²) in [6.45, 7) is 0. The van der Waals surface area contributed by atoms with E-state index < -0.39 is 22.0 Å². The molecular formula is C10H13IN2O4S. The van der Waals surface area contributed by atoms with Gasteiger partial charge in [-0.2, -0.15) is 0 Å². The Kier molecular flexibility index (Phi) is 5.35. The van der Waals surface area contributed by atoms with Crippen LogP contribution in [0.1, 0.15) is 5.56 Å². The van der Waals surface area contributed by atoms with E-state index in [9.17, 15) is 13.2 Å². The van der Waals surface area contributed by atoms with Gasteiger partial charge in [-0.05, 0) is 24.1 Å². The number of carbonyl (C=O) groups is 1. The number of hydrogen-bond donors (Lipinski definition) is 3. The van der Waals surface area contributed by atoms with Gasteiger partial charge >= 0.3 is 5.97 Å². The number of rotatable bonds is 6. The molecular weight excluding hydrogens is 371 g/mol. The number of carboxylic acids is 1. The van der Waals surface area contributed by atoms with Gasteiger partial charge in [0.05, 0.1) is 0 Å². The highest BCUT2D eigenvalue weighted by atomic mass is 127. The fourth-order valence-electron chi connectivity index (χ4n) is 1.26. The second-order valence-corrected chi connectivity index (χ2v) is 7.19. The van der Waals surface area contributed by atoms with E-state index in [2.05, 4.69) is 4.72 Å². The summed E-state index contributed by atoms with van der Waals surface area (Å²) in [6, 6.07) is 5.49. The Bertz CT molecular complexity index is 515. The van der Waals surface area contributed by atoms with Crippen LogP contribution in [-0.4, -0.2) is 29.3 Å². The summed E-state index contributed by atoms with van der Waals surface area (Å²) >= 11 is 1.75. The summed E-state index contributed by atoms with van der Waals surface area (Å²) in [5.41, 5.74) is 6.58. The summed E-state index contributed by atoms with van der Waals surface area (Å²) in [5, 5.41) is 8.67. The molecule has 0 saturated carbocycles. The topological polar surface area (TPSA) is 109 Å². The van der Waals surface area contributed by atoms with Crippen molar-refractivity contribution in [1.29, 1.82) is 0 Å². The highest BCUT2D eigenvalue weighted by molar-refractivity contribution is 14.1. The molecule has 18 heavy (non-hydrogen) atoms. The number of carboxylic acid groups (broad SMARTS) is 1. The number of sulfonamides is 1. The van der Waals surface area contributed by atoms with Crippen LogP contribution in [0.5, 0.6) is 0 Å². The summed E-state index contributed by atoms with van der Waals surface area (Å²) in [4.78, 5) is 10.6. The first-order chi connectivity index (χ1) is 8.34. The number of anilines is 1. The molecule has 0 amide bonds. The third-order valence-electron chi connectivity index (χ3n) is 2.14. The smallest absolute Gasteiger partial charge is 0.320 e. The monoisotopic (exact) mass is 384 g/mol. The first kappa shape index (κ1) is 15.2. The van der Waals surface area contributed by atoms with Crippen LogP contribution in [0.25, 0.3) is 0 Å². The molecule has 1 atom stereocenters. The van der Waals surface area contributed by atoms with E-state index in [1.807, 2.05) is 0 Å². The Hall–Kier alpha value is -0.870. The second-order valence-electron chi connectivity index (χ2n) is 3.67. The molecule has 0 aliphatic carbocycles. The van der Waals surface area contributed by atoms with E-state index in [0.717, 1.165) is 5.56 Å². The van der Waals surface area contributed by atoms with Gasteiger partial charge < -0.3 is 10.8 Å². The quantitative estimate of drug-likeness (QED) is 0.496. The van der Waals surface area contributed by atoms with Gasteiger partial charge in [-0.1, -0.05) is 34.7 Å². The zero-order chi connectivity index (χ0) is 13.8. The van der Waals surface area contributed by atoms with Crippen molar-refractivity contribution in [2.24, 2.45) is 5.73 Å². The van der Waals surface area contributed by atoms with Crippen LogP contribution in [0, 0.1) is 0 Å². The van der Waals surface area contributed by atoms with Crippen molar-refractivity contribution in [2.45, 2.75) is 12.5 Å². The van der Waals surface area contributed by atoms with Gasteiger partial charge in [0, 0.05) is 5.69 Å². The highest BCUT2D eigenvalue weighted by Crippen LogP contribution is 2.13.